The summed E-state index contributed by atoms with van der Waals surface area (Å²) in [5, 5.41) is 4.21. The lowest BCUT2D eigenvalue weighted by Crippen LogP contribution is -2.67. The normalized spacial score (nSPS) is 24.6. The van der Waals surface area contributed by atoms with Gasteiger partial charge in [-0.25, -0.2) is 4.39 Å². The number of nitrogens with zero attached hydrogens (tertiary/aromatic N) is 1. The third kappa shape index (κ3) is 2.96. The van der Waals surface area contributed by atoms with Gasteiger partial charge in [-0.05, 0) is 38.8 Å². The van der Waals surface area contributed by atoms with Crippen molar-refractivity contribution < 1.29 is 4.39 Å². The second kappa shape index (κ2) is 5.53. The molecule has 1 spiro atoms. The Morgan fingerprint density at radius 3 is 2.67 bits per heavy atom. The fraction of sp³-hybridized carbons (Fsp3) is 0.647. The van der Waals surface area contributed by atoms with Crippen LogP contribution < -0.4 is 5.32 Å². The molecule has 0 bridgehead atoms. The van der Waals surface area contributed by atoms with E-state index in [4.69, 9.17) is 11.6 Å². The van der Waals surface area contributed by atoms with E-state index in [0.29, 0.717) is 17.1 Å². The van der Waals surface area contributed by atoms with E-state index in [2.05, 4.69) is 24.1 Å². The summed E-state index contributed by atoms with van der Waals surface area (Å²) in [7, 11) is 0. The zero-order valence-electron chi connectivity index (χ0n) is 12.9. The zero-order valence-corrected chi connectivity index (χ0v) is 13.6. The quantitative estimate of drug-likeness (QED) is 0.889. The first kappa shape index (κ1) is 15.3. The number of halogens is 2. The number of rotatable bonds is 2. The molecule has 1 saturated carbocycles. The molecule has 1 saturated heterocycles. The molecule has 2 nitrogen and oxygen atoms in total. The molecule has 1 N–H and O–H groups in total. The van der Waals surface area contributed by atoms with Crippen LogP contribution in [0.1, 0.15) is 45.1 Å². The molecule has 0 aromatic heterocycles. The molecule has 116 valence electrons. The van der Waals surface area contributed by atoms with Gasteiger partial charge in [-0.15, -0.1) is 0 Å². The fourth-order valence-electron chi connectivity index (χ4n) is 3.84. The Bertz CT molecular complexity index is 503. The molecule has 0 atom stereocenters. The molecule has 1 aliphatic heterocycles. The van der Waals surface area contributed by atoms with E-state index >= 15 is 0 Å². The molecule has 0 radical (unpaired) electrons. The van der Waals surface area contributed by atoms with Gasteiger partial charge in [-0.3, -0.25) is 4.90 Å². The average molecular weight is 311 g/mol. The van der Waals surface area contributed by atoms with Crippen LogP contribution in [-0.2, 0) is 6.54 Å². The van der Waals surface area contributed by atoms with Gasteiger partial charge in [0.25, 0.3) is 0 Å². The molecule has 0 amide bonds. The van der Waals surface area contributed by atoms with Crippen molar-refractivity contribution in [1.82, 2.24) is 10.2 Å². The van der Waals surface area contributed by atoms with Gasteiger partial charge in [0.05, 0.1) is 0 Å². The Morgan fingerprint density at radius 2 is 2.00 bits per heavy atom. The molecule has 0 unspecified atom stereocenters. The first-order valence-electron chi connectivity index (χ1n) is 7.85. The van der Waals surface area contributed by atoms with Crippen molar-refractivity contribution >= 4 is 11.6 Å². The lowest BCUT2D eigenvalue weighted by molar-refractivity contribution is 0.0115. The van der Waals surface area contributed by atoms with E-state index in [1.165, 1.54) is 31.7 Å². The number of hydrogen-bond donors (Lipinski definition) is 1. The molecular formula is C17H24ClFN2. The summed E-state index contributed by atoms with van der Waals surface area (Å²) in [6, 6.07) is 4.97. The van der Waals surface area contributed by atoms with Crippen molar-refractivity contribution in [3.8, 4) is 0 Å². The van der Waals surface area contributed by atoms with Crippen LogP contribution in [0.4, 0.5) is 4.39 Å². The summed E-state index contributed by atoms with van der Waals surface area (Å²) in [6.07, 6.45) is 4.93. The predicted octanol–water partition coefficient (Wildman–Crippen LogP) is 3.98. The van der Waals surface area contributed by atoms with E-state index in [1.54, 1.807) is 12.1 Å². The van der Waals surface area contributed by atoms with Crippen LogP contribution in [-0.4, -0.2) is 29.1 Å². The number of hydrogen-bond acceptors (Lipinski definition) is 2. The Kier molecular flexibility index (Phi) is 4.02. The number of nitrogens with one attached hydrogen (secondary N) is 1. The molecule has 1 heterocycles. The minimum Gasteiger partial charge on any atom is -0.309 e. The third-order valence-electron chi connectivity index (χ3n) is 5.10. The first-order valence-corrected chi connectivity index (χ1v) is 8.23. The topological polar surface area (TPSA) is 15.3 Å². The summed E-state index contributed by atoms with van der Waals surface area (Å²) in [6.45, 7) is 6.95. The van der Waals surface area contributed by atoms with E-state index in [0.717, 1.165) is 13.1 Å². The van der Waals surface area contributed by atoms with Gasteiger partial charge >= 0.3 is 0 Å². The Morgan fingerprint density at radius 1 is 1.29 bits per heavy atom. The monoisotopic (exact) mass is 310 g/mol. The molecular weight excluding hydrogens is 287 g/mol. The molecule has 21 heavy (non-hydrogen) atoms. The van der Waals surface area contributed by atoms with E-state index in [1.807, 2.05) is 0 Å². The molecule has 4 heteroatoms. The van der Waals surface area contributed by atoms with Gasteiger partial charge in [0.2, 0.25) is 0 Å². The summed E-state index contributed by atoms with van der Waals surface area (Å²) in [4.78, 5) is 2.47. The number of piperazine rings is 1. The predicted molar refractivity (Wildman–Crippen MR) is 85.1 cm³/mol. The minimum absolute atomic E-state index is 0.0611. The van der Waals surface area contributed by atoms with Crippen LogP contribution in [0.5, 0.6) is 0 Å². The van der Waals surface area contributed by atoms with Crippen LogP contribution in [0.3, 0.4) is 0 Å². The molecule has 3 rings (SSSR count). The first-order chi connectivity index (χ1) is 9.92. The highest BCUT2D eigenvalue weighted by Gasteiger charge is 2.45. The minimum atomic E-state index is -0.188. The lowest BCUT2D eigenvalue weighted by atomic mass is 9.86. The van der Waals surface area contributed by atoms with Gasteiger partial charge < -0.3 is 5.32 Å². The van der Waals surface area contributed by atoms with E-state index < -0.39 is 0 Å². The summed E-state index contributed by atoms with van der Waals surface area (Å²) >= 11 is 6.23. The van der Waals surface area contributed by atoms with Gasteiger partial charge in [0.1, 0.15) is 5.82 Å². The Labute approximate surface area is 131 Å². The second-order valence-corrected chi connectivity index (χ2v) is 7.63. The van der Waals surface area contributed by atoms with Crippen molar-refractivity contribution in [2.45, 2.75) is 57.2 Å². The molecule has 2 fully saturated rings. The lowest BCUT2D eigenvalue weighted by Gasteiger charge is -2.51. The van der Waals surface area contributed by atoms with Crippen molar-refractivity contribution in [1.29, 1.82) is 0 Å². The maximum atomic E-state index is 14.1. The van der Waals surface area contributed by atoms with Crippen LogP contribution in [0.2, 0.25) is 5.02 Å². The van der Waals surface area contributed by atoms with Crippen LogP contribution in [0, 0.1) is 5.82 Å². The molecule has 1 aromatic rings. The smallest absolute Gasteiger partial charge is 0.129 e. The highest BCUT2D eigenvalue weighted by Crippen LogP contribution is 2.40. The van der Waals surface area contributed by atoms with Crippen LogP contribution in [0.25, 0.3) is 0 Å². The van der Waals surface area contributed by atoms with Crippen LogP contribution in [0.15, 0.2) is 18.2 Å². The van der Waals surface area contributed by atoms with Crippen molar-refractivity contribution in [3.63, 3.8) is 0 Å². The zero-order chi connectivity index (χ0) is 15.1. The Balaban J connectivity index is 1.89. The summed E-state index contributed by atoms with van der Waals surface area (Å²) in [5.74, 6) is -0.188. The van der Waals surface area contributed by atoms with Crippen molar-refractivity contribution in [3.05, 3.63) is 34.6 Å². The maximum absolute atomic E-state index is 14.1. The highest BCUT2D eigenvalue weighted by atomic mass is 35.5. The van der Waals surface area contributed by atoms with E-state index in [9.17, 15) is 4.39 Å². The molecule has 2 aliphatic rings. The average Bonchev–Trinajstić information content (AvgIpc) is 2.88. The Hall–Kier alpha value is -0.640. The molecule has 1 aliphatic carbocycles. The van der Waals surface area contributed by atoms with E-state index in [-0.39, 0.29) is 16.9 Å². The standard InChI is InChI=1S/C17H24ClFN2/c1-16(2)12-21(17(11-20-16)8-3-4-9-17)10-13-14(18)6-5-7-15(13)19/h5-7,20H,3-4,8-12H2,1-2H3. The number of benzene rings is 1. The van der Waals surface area contributed by atoms with Crippen LogP contribution >= 0.6 is 11.6 Å². The summed E-state index contributed by atoms with van der Waals surface area (Å²) < 4.78 is 14.1. The molecule has 1 aromatic carbocycles. The van der Waals surface area contributed by atoms with Gasteiger partial charge in [-0.2, -0.15) is 0 Å². The van der Waals surface area contributed by atoms with Crippen molar-refractivity contribution in [2.75, 3.05) is 13.1 Å². The SMILES string of the molecule is CC1(C)CN(Cc2c(F)cccc2Cl)C2(CCCC2)CN1. The largest absolute Gasteiger partial charge is 0.309 e. The van der Waals surface area contributed by atoms with Gasteiger partial charge in [0, 0.05) is 41.3 Å². The van der Waals surface area contributed by atoms with Gasteiger partial charge in [0.15, 0.2) is 0 Å². The fourth-order valence-corrected chi connectivity index (χ4v) is 4.06. The second-order valence-electron chi connectivity index (χ2n) is 7.23. The third-order valence-corrected chi connectivity index (χ3v) is 5.45. The maximum Gasteiger partial charge on any atom is 0.129 e. The highest BCUT2D eigenvalue weighted by molar-refractivity contribution is 6.31. The van der Waals surface area contributed by atoms with Crippen molar-refractivity contribution in [2.24, 2.45) is 0 Å². The van der Waals surface area contributed by atoms with Gasteiger partial charge in [-0.1, -0.05) is 30.5 Å². The summed E-state index contributed by atoms with van der Waals surface area (Å²) in [5.41, 5.74) is 0.885.